The molecule has 7 heteroatoms. The van der Waals surface area contributed by atoms with Crippen molar-refractivity contribution >= 4 is 27.9 Å². The average molecular weight is 390 g/mol. The molecule has 0 radical (unpaired) electrons. The van der Waals surface area contributed by atoms with Crippen LogP contribution in [0.5, 0.6) is 0 Å². The molecule has 0 unspecified atom stereocenters. The number of hydrogen-bond donors (Lipinski definition) is 2. The van der Waals surface area contributed by atoms with E-state index in [0.717, 1.165) is 22.0 Å². The third-order valence-electron chi connectivity index (χ3n) is 4.91. The second-order valence-corrected chi connectivity index (χ2v) is 6.88. The van der Waals surface area contributed by atoms with Crippen molar-refractivity contribution in [2.45, 2.75) is 26.5 Å². The van der Waals surface area contributed by atoms with Gasteiger partial charge >= 0.3 is 6.09 Å². The molecular formula is C22H22N4O3. The Bertz CT molecular complexity index is 1210. The molecule has 148 valence electrons. The van der Waals surface area contributed by atoms with Gasteiger partial charge in [0.1, 0.15) is 6.61 Å². The van der Waals surface area contributed by atoms with Crippen LogP contribution in [0.4, 0.5) is 4.79 Å². The first kappa shape index (κ1) is 18.7. The van der Waals surface area contributed by atoms with E-state index in [9.17, 15) is 9.59 Å². The summed E-state index contributed by atoms with van der Waals surface area (Å²) in [7, 11) is 0. The first-order valence-electron chi connectivity index (χ1n) is 9.56. The number of fused-ring (bicyclic) bond motifs is 3. The Hall–Kier alpha value is -3.61. The maximum absolute atomic E-state index is 13.0. The highest BCUT2D eigenvalue weighted by Crippen LogP contribution is 2.22. The number of carbonyl (C=O) groups is 1. The van der Waals surface area contributed by atoms with Gasteiger partial charge in [0.15, 0.2) is 0 Å². The minimum atomic E-state index is -0.466. The largest absolute Gasteiger partial charge is 0.445 e. The number of benzene rings is 2. The van der Waals surface area contributed by atoms with Crippen LogP contribution in [-0.4, -0.2) is 27.4 Å². The van der Waals surface area contributed by atoms with Gasteiger partial charge in [0.05, 0.1) is 22.1 Å². The molecule has 0 aliphatic rings. The van der Waals surface area contributed by atoms with Gasteiger partial charge < -0.3 is 14.6 Å². The molecule has 0 atom stereocenters. The number of ether oxygens (including phenoxy) is 1. The molecule has 2 heterocycles. The first-order valence-corrected chi connectivity index (χ1v) is 9.56. The number of carbonyl (C=O) groups excluding carboxylic acids is 1. The summed E-state index contributed by atoms with van der Waals surface area (Å²) < 4.78 is 6.95. The van der Waals surface area contributed by atoms with Crippen LogP contribution in [0, 0.1) is 6.92 Å². The molecule has 0 saturated carbocycles. The molecular weight excluding hydrogens is 368 g/mol. The number of amides is 1. The molecule has 29 heavy (non-hydrogen) atoms. The molecule has 1 amide bonds. The summed E-state index contributed by atoms with van der Waals surface area (Å²) in [5.41, 5.74) is 3.16. The molecule has 7 nitrogen and oxygen atoms in total. The SMILES string of the molecule is Cc1n[nH]c2c1c(=O)n(CCCNC(=O)OCc1ccccc1)c1ccccc21. The Labute approximate surface area is 167 Å². The molecule has 0 aliphatic carbocycles. The zero-order valence-electron chi connectivity index (χ0n) is 16.1. The maximum atomic E-state index is 13.0. The summed E-state index contributed by atoms with van der Waals surface area (Å²) in [6.45, 7) is 2.95. The maximum Gasteiger partial charge on any atom is 0.407 e. The number of hydrogen-bond acceptors (Lipinski definition) is 4. The van der Waals surface area contributed by atoms with E-state index in [1.165, 1.54) is 0 Å². The van der Waals surface area contributed by atoms with Gasteiger partial charge in [0.25, 0.3) is 5.56 Å². The molecule has 4 aromatic rings. The standard InChI is InChI=1S/C22H22N4O3/c1-15-19-20(25-24-15)17-10-5-6-11-18(17)26(21(19)27)13-7-12-23-22(28)29-14-16-8-3-2-4-9-16/h2-6,8-11H,7,12-14H2,1H3,(H,23,28)(H,24,25). The topological polar surface area (TPSA) is 89.0 Å². The zero-order valence-corrected chi connectivity index (χ0v) is 16.1. The molecule has 2 aromatic carbocycles. The summed E-state index contributed by atoms with van der Waals surface area (Å²) >= 11 is 0. The summed E-state index contributed by atoms with van der Waals surface area (Å²) in [5, 5.41) is 11.5. The van der Waals surface area contributed by atoms with Crippen LogP contribution in [-0.2, 0) is 17.9 Å². The van der Waals surface area contributed by atoms with Crippen molar-refractivity contribution in [3.05, 3.63) is 76.2 Å². The first-order chi connectivity index (χ1) is 14.1. The van der Waals surface area contributed by atoms with Gasteiger partial charge in [0, 0.05) is 18.5 Å². The fraction of sp³-hybridized carbons (Fsp3) is 0.227. The number of rotatable bonds is 6. The van der Waals surface area contributed by atoms with E-state index >= 15 is 0 Å². The number of aryl methyl sites for hydroxylation is 2. The Kier molecular flexibility index (Phi) is 5.29. The molecule has 0 aliphatic heterocycles. The second-order valence-electron chi connectivity index (χ2n) is 6.88. The van der Waals surface area contributed by atoms with Crippen LogP contribution < -0.4 is 10.9 Å². The Morgan fingerprint density at radius 1 is 1.14 bits per heavy atom. The number of pyridine rings is 1. The normalized spacial score (nSPS) is 11.1. The lowest BCUT2D eigenvalue weighted by Crippen LogP contribution is -2.28. The zero-order chi connectivity index (χ0) is 20.2. The van der Waals surface area contributed by atoms with E-state index in [1.54, 1.807) is 4.57 Å². The lowest BCUT2D eigenvalue weighted by molar-refractivity contribution is 0.139. The van der Waals surface area contributed by atoms with Crippen LogP contribution in [0.3, 0.4) is 0 Å². The number of para-hydroxylation sites is 1. The molecule has 0 spiro atoms. The van der Waals surface area contributed by atoms with Crippen molar-refractivity contribution in [3.8, 4) is 0 Å². The Morgan fingerprint density at radius 3 is 2.72 bits per heavy atom. The number of aromatic amines is 1. The average Bonchev–Trinajstić information content (AvgIpc) is 3.14. The molecule has 0 fully saturated rings. The number of alkyl carbamates (subject to hydrolysis) is 1. The van der Waals surface area contributed by atoms with Crippen LogP contribution in [0.2, 0.25) is 0 Å². The van der Waals surface area contributed by atoms with Crippen molar-refractivity contribution < 1.29 is 9.53 Å². The van der Waals surface area contributed by atoms with E-state index < -0.39 is 6.09 Å². The van der Waals surface area contributed by atoms with Gasteiger partial charge in [-0.15, -0.1) is 0 Å². The molecule has 0 saturated heterocycles. The summed E-state index contributed by atoms with van der Waals surface area (Å²) in [6, 6.07) is 17.3. The van der Waals surface area contributed by atoms with Crippen molar-refractivity contribution in [2.24, 2.45) is 0 Å². The highest BCUT2D eigenvalue weighted by molar-refractivity contribution is 6.03. The molecule has 0 bridgehead atoms. The Balaban J connectivity index is 1.42. The van der Waals surface area contributed by atoms with E-state index in [1.807, 2.05) is 61.5 Å². The second kappa shape index (κ2) is 8.18. The Morgan fingerprint density at radius 2 is 1.90 bits per heavy atom. The van der Waals surface area contributed by atoms with Crippen molar-refractivity contribution in [3.63, 3.8) is 0 Å². The highest BCUT2D eigenvalue weighted by atomic mass is 16.5. The van der Waals surface area contributed by atoms with Crippen LogP contribution >= 0.6 is 0 Å². The van der Waals surface area contributed by atoms with Crippen molar-refractivity contribution in [1.29, 1.82) is 0 Å². The monoisotopic (exact) mass is 390 g/mol. The third-order valence-corrected chi connectivity index (χ3v) is 4.91. The highest BCUT2D eigenvalue weighted by Gasteiger charge is 2.14. The van der Waals surface area contributed by atoms with E-state index in [-0.39, 0.29) is 12.2 Å². The molecule has 2 N–H and O–H groups in total. The van der Waals surface area contributed by atoms with Crippen LogP contribution in [0.25, 0.3) is 21.8 Å². The molecule has 2 aromatic heterocycles. The van der Waals surface area contributed by atoms with Gasteiger partial charge in [-0.3, -0.25) is 9.89 Å². The lowest BCUT2D eigenvalue weighted by atomic mass is 10.1. The fourth-order valence-corrected chi connectivity index (χ4v) is 3.48. The number of nitrogens with zero attached hydrogens (tertiary/aromatic N) is 2. The summed E-state index contributed by atoms with van der Waals surface area (Å²) in [4.78, 5) is 24.9. The predicted octanol–water partition coefficient (Wildman–Crippen LogP) is 3.50. The van der Waals surface area contributed by atoms with E-state index in [2.05, 4.69) is 15.5 Å². The fourth-order valence-electron chi connectivity index (χ4n) is 3.48. The van der Waals surface area contributed by atoms with Crippen LogP contribution in [0.1, 0.15) is 17.7 Å². The minimum absolute atomic E-state index is 0.0726. The predicted molar refractivity (Wildman–Crippen MR) is 112 cm³/mol. The van der Waals surface area contributed by atoms with E-state index in [4.69, 9.17) is 4.74 Å². The van der Waals surface area contributed by atoms with Gasteiger partial charge in [-0.2, -0.15) is 5.10 Å². The lowest BCUT2D eigenvalue weighted by Gasteiger charge is -2.12. The minimum Gasteiger partial charge on any atom is -0.445 e. The third kappa shape index (κ3) is 3.85. The summed E-state index contributed by atoms with van der Waals surface area (Å²) in [5.74, 6) is 0. The van der Waals surface area contributed by atoms with Gasteiger partial charge in [-0.25, -0.2) is 4.79 Å². The quantitative estimate of drug-likeness (QED) is 0.493. The van der Waals surface area contributed by atoms with Gasteiger partial charge in [0.2, 0.25) is 0 Å². The van der Waals surface area contributed by atoms with Crippen LogP contribution in [0.15, 0.2) is 59.4 Å². The van der Waals surface area contributed by atoms with Crippen molar-refractivity contribution in [2.75, 3.05) is 6.54 Å². The van der Waals surface area contributed by atoms with E-state index in [0.29, 0.717) is 30.6 Å². The van der Waals surface area contributed by atoms with Gasteiger partial charge in [-0.1, -0.05) is 48.5 Å². The number of H-pyrrole nitrogens is 1. The smallest absolute Gasteiger partial charge is 0.407 e. The molecule has 4 rings (SSSR count). The van der Waals surface area contributed by atoms with Crippen molar-refractivity contribution in [1.82, 2.24) is 20.1 Å². The van der Waals surface area contributed by atoms with Gasteiger partial charge in [-0.05, 0) is 25.0 Å². The number of nitrogens with one attached hydrogen (secondary N) is 2. The number of aromatic nitrogens is 3. The summed E-state index contributed by atoms with van der Waals surface area (Å²) in [6.07, 6.45) is 0.138.